The Kier molecular flexibility index (Phi) is 14.3. The SMILES string of the molecule is CC(=O)CC(=O)C(=O)[O-].CC(=O)CC(=O)C(=O)[O-].[La+2]. The summed E-state index contributed by atoms with van der Waals surface area (Å²) in [5, 5.41) is 19.2. The first-order valence-corrected chi connectivity index (χ1v) is 4.55. The molecule has 0 aromatic heterocycles. The summed E-state index contributed by atoms with van der Waals surface area (Å²) in [6.07, 6.45) is -1.13. The minimum Gasteiger partial charge on any atom is -0.542 e. The van der Waals surface area contributed by atoms with Crippen molar-refractivity contribution in [3.63, 3.8) is 0 Å². The van der Waals surface area contributed by atoms with Gasteiger partial charge in [0, 0.05) is 0 Å². The van der Waals surface area contributed by atoms with Crippen molar-refractivity contribution in [1.82, 2.24) is 0 Å². The first-order chi connectivity index (χ1) is 8.07. The van der Waals surface area contributed by atoms with E-state index in [2.05, 4.69) is 0 Å². The largest absolute Gasteiger partial charge is 2.00 e. The molecule has 0 heterocycles. The molecule has 9 heteroatoms. The number of carbonyl (C=O) groups is 6. The second kappa shape index (κ2) is 11.9. The Bertz CT molecular complexity index is 360. The van der Waals surface area contributed by atoms with Gasteiger partial charge in [0.1, 0.15) is 23.5 Å². The molecule has 0 aliphatic carbocycles. The summed E-state index contributed by atoms with van der Waals surface area (Å²) in [7, 11) is 0. The third-order valence-corrected chi connectivity index (χ3v) is 1.27. The van der Waals surface area contributed by atoms with Crippen molar-refractivity contribution in [1.29, 1.82) is 0 Å². The third-order valence-electron chi connectivity index (χ3n) is 1.27. The van der Waals surface area contributed by atoms with Gasteiger partial charge in [-0.05, 0) is 13.8 Å². The van der Waals surface area contributed by atoms with E-state index in [1.165, 1.54) is 0 Å². The fourth-order valence-corrected chi connectivity index (χ4v) is 0.597. The molecule has 0 aliphatic rings. The molecule has 0 N–H and O–H groups in total. The average Bonchev–Trinajstić information content (AvgIpc) is 2.16. The molecular weight excluding hydrogens is 387 g/mol. The topological polar surface area (TPSA) is 149 Å². The van der Waals surface area contributed by atoms with Crippen LogP contribution < -0.4 is 10.2 Å². The Morgan fingerprint density at radius 2 is 0.895 bits per heavy atom. The summed E-state index contributed by atoms with van der Waals surface area (Å²) in [5.74, 6) is -6.87. The van der Waals surface area contributed by atoms with Crippen LogP contribution in [0.4, 0.5) is 0 Å². The van der Waals surface area contributed by atoms with Gasteiger partial charge in [0.25, 0.3) is 0 Å². The van der Waals surface area contributed by atoms with Gasteiger partial charge in [0.2, 0.25) is 0 Å². The van der Waals surface area contributed by atoms with Crippen LogP contribution in [0, 0.1) is 35.6 Å². The van der Waals surface area contributed by atoms with E-state index < -0.39 is 47.9 Å². The number of rotatable bonds is 6. The minimum absolute atomic E-state index is 0. The number of carbonyl (C=O) groups excluding carboxylic acids is 6. The number of carboxylic acids is 2. The van der Waals surface area contributed by atoms with Gasteiger partial charge < -0.3 is 19.8 Å². The van der Waals surface area contributed by atoms with Gasteiger partial charge in [0.05, 0.1) is 12.8 Å². The van der Waals surface area contributed by atoms with Crippen LogP contribution in [-0.2, 0) is 28.8 Å². The van der Waals surface area contributed by atoms with Crippen molar-refractivity contribution in [2.24, 2.45) is 0 Å². The first-order valence-electron chi connectivity index (χ1n) is 4.55. The van der Waals surface area contributed by atoms with E-state index in [4.69, 9.17) is 0 Å². The maximum atomic E-state index is 10.1. The van der Waals surface area contributed by atoms with Crippen LogP contribution >= 0.6 is 0 Å². The van der Waals surface area contributed by atoms with E-state index in [-0.39, 0.29) is 35.6 Å². The Morgan fingerprint density at radius 3 is 0.947 bits per heavy atom. The Balaban J connectivity index is -0.000000256. The number of carboxylic acid groups (broad SMARTS) is 2. The van der Waals surface area contributed by atoms with Crippen LogP contribution in [0.5, 0.6) is 0 Å². The standard InChI is InChI=1S/2C5H6O4.La/c2*1-3(6)2-4(7)5(8)9;/h2*2H2,1H3,(H,8,9);/q;;+2/p-2. The van der Waals surface area contributed by atoms with E-state index in [1.807, 2.05) is 0 Å². The fourth-order valence-electron chi connectivity index (χ4n) is 0.597. The van der Waals surface area contributed by atoms with Crippen LogP contribution in [0.3, 0.4) is 0 Å². The van der Waals surface area contributed by atoms with E-state index in [0.717, 1.165) is 13.8 Å². The van der Waals surface area contributed by atoms with Crippen molar-refractivity contribution in [2.75, 3.05) is 0 Å². The van der Waals surface area contributed by atoms with Crippen LogP contribution in [0.15, 0.2) is 0 Å². The van der Waals surface area contributed by atoms with Crippen molar-refractivity contribution in [3.8, 4) is 0 Å². The number of hydrogen-bond donors (Lipinski definition) is 0. The van der Waals surface area contributed by atoms with Crippen molar-refractivity contribution < 1.29 is 74.6 Å². The first kappa shape index (κ1) is 22.9. The van der Waals surface area contributed by atoms with Gasteiger partial charge in [-0.15, -0.1) is 0 Å². The maximum absolute atomic E-state index is 10.1. The van der Waals surface area contributed by atoms with Gasteiger partial charge in [-0.2, -0.15) is 0 Å². The van der Waals surface area contributed by atoms with E-state index in [9.17, 15) is 39.0 Å². The summed E-state index contributed by atoms with van der Waals surface area (Å²) >= 11 is 0. The van der Waals surface area contributed by atoms with Crippen LogP contribution in [-0.4, -0.2) is 35.1 Å². The van der Waals surface area contributed by atoms with E-state index in [0.29, 0.717) is 0 Å². The normalized spacial score (nSPS) is 8.11. The van der Waals surface area contributed by atoms with Gasteiger partial charge in [0.15, 0.2) is 11.6 Å². The average molecular weight is 397 g/mol. The molecule has 0 amide bonds. The molecule has 0 aromatic rings. The van der Waals surface area contributed by atoms with Gasteiger partial charge in [-0.1, -0.05) is 0 Å². The van der Waals surface area contributed by atoms with Crippen LogP contribution in [0.2, 0.25) is 0 Å². The molecule has 0 unspecified atom stereocenters. The zero-order valence-corrected chi connectivity index (χ0v) is 13.9. The second-order valence-electron chi connectivity index (χ2n) is 3.18. The molecule has 0 bridgehead atoms. The smallest absolute Gasteiger partial charge is 0.542 e. The zero-order valence-electron chi connectivity index (χ0n) is 10.3. The Labute approximate surface area is 136 Å². The summed E-state index contributed by atoms with van der Waals surface area (Å²) < 4.78 is 0. The molecule has 101 valence electrons. The Hall–Kier alpha value is -1.19. The van der Waals surface area contributed by atoms with Gasteiger partial charge in [-0.3, -0.25) is 19.2 Å². The van der Waals surface area contributed by atoms with Crippen LogP contribution in [0.1, 0.15) is 26.7 Å². The molecule has 0 saturated heterocycles. The molecule has 0 aliphatic heterocycles. The number of aliphatic carboxylic acids is 2. The molecule has 19 heavy (non-hydrogen) atoms. The molecule has 0 fully saturated rings. The zero-order chi connectivity index (χ0) is 14.9. The van der Waals surface area contributed by atoms with E-state index in [1.54, 1.807) is 0 Å². The summed E-state index contributed by atoms with van der Waals surface area (Å²) in [4.78, 5) is 59.5. The molecular formula is C10H10LaO8. The fraction of sp³-hybridized carbons (Fsp3) is 0.400. The third kappa shape index (κ3) is 16.8. The number of hydrogen-bond acceptors (Lipinski definition) is 8. The van der Waals surface area contributed by atoms with Crippen LogP contribution in [0.25, 0.3) is 0 Å². The summed E-state index contributed by atoms with van der Waals surface area (Å²) in [6.45, 7) is 2.28. The summed E-state index contributed by atoms with van der Waals surface area (Å²) in [6, 6.07) is 0. The molecule has 0 spiro atoms. The quantitative estimate of drug-likeness (QED) is 0.332. The molecule has 0 atom stereocenters. The second-order valence-corrected chi connectivity index (χ2v) is 3.18. The number of Topliss-reactive ketones (excluding diaryl/α,β-unsaturated/α-hetero) is 4. The summed E-state index contributed by atoms with van der Waals surface area (Å²) in [5.41, 5.74) is 0. The molecule has 0 rings (SSSR count). The monoisotopic (exact) mass is 397 g/mol. The van der Waals surface area contributed by atoms with Gasteiger partial charge >= 0.3 is 35.6 Å². The van der Waals surface area contributed by atoms with E-state index >= 15 is 0 Å². The minimum atomic E-state index is -1.80. The predicted molar refractivity (Wildman–Crippen MR) is 50.6 cm³/mol. The Morgan fingerprint density at radius 1 is 0.684 bits per heavy atom. The van der Waals surface area contributed by atoms with Crippen molar-refractivity contribution >= 4 is 35.1 Å². The molecule has 0 saturated carbocycles. The maximum Gasteiger partial charge on any atom is 2.00 e. The van der Waals surface area contributed by atoms with Crippen molar-refractivity contribution in [2.45, 2.75) is 26.7 Å². The molecule has 1 radical (unpaired) electrons. The van der Waals surface area contributed by atoms with Crippen molar-refractivity contribution in [3.05, 3.63) is 0 Å². The predicted octanol–water partition coefficient (Wildman–Crippen LogP) is -3.43. The molecule has 8 nitrogen and oxygen atoms in total. The van der Waals surface area contributed by atoms with Gasteiger partial charge in [-0.25, -0.2) is 0 Å². The molecule has 0 aromatic carbocycles. The number of ketones is 4.